The molecular weight excluding hydrogens is 1360 g/mol. The molecule has 5 aliphatic rings. The average Bonchev–Trinajstić information content (AvgIpc) is 1.66. The Morgan fingerprint density at radius 3 is 0.963 bits per heavy atom. The van der Waals surface area contributed by atoms with Gasteiger partial charge in [0, 0.05) is 123 Å². The summed E-state index contributed by atoms with van der Waals surface area (Å²) in [5, 5.41) is 9.30. The lowest BCUT2D eigenvalue weighted by Crippen LogP contribution is -2.28. The normalized spacial score (nSPS) is 21.6. The Morgan fingerprint density at radius 1 is 0.394 bits per heavy atom. The Kier molecular flexibility index (Phi) is 28.0. The third-order valence-electron chi connectivity index (χ3n) is 20.9. The maximum Gasteiger partial charge on any atom is 0.134 e. The number of hydrogen-bond acceptors (Lipinski definition) is 18. The first-order valence-electron chi connectivity index (χ1n) is 40.2. The number of ether oxygens (including phenoxy) is 7. The highest BCUT2D eigenvalue weighted by Gasteiger charge is 2.47. The van der Waals surface area contributed by atoms with E-state index in [0.717, 1.165) is 135 Å². The van der Waals surface area contributed by atoms with Crippen LogP contribution in [-0.4, -0.2) is 81.9 Å². The molecule has 0 bridgehead atoms. The lowest BCUT2D eigenvalue weighted by Gasteiger charge is -2.28. The number of benzene rings is 1. The second-order valence-electron chi connectivity index (χ2n) is 39.9. The van der Waals surface area contributed by atoms with E-state index in [1.54, 1.807) is 7.11 Å². The molecule has 0 fully saturated rings. The first-order chi connectivity index (χ1) is 50.1. The summed E-state index contributed by atoms with van der Waals surface area (Å²) in [7, 11) is 1.72. The minimum atomic E-state index is -0.489. The molecule has 5 atom stereocenters. The molecule has 1 N–H and O–H groups in total. The number of rotatable bonds is 16. The molecular formula is C91H142N10O8. The zero-order chi connectivity index (χ0) is 82.0. The van der Waals surface area contributed by atoms with Gasteiger partial charge >= 0.3 is 0 Å². The van der Waals surface area contributed by atoms with Gasteiger partial charge in [0.25, 0.3) is 0 Å². The molecule has 5 unspecified atom stereocenters. The largest absolute Gasteiger partial charge is 0.493 e. The molecule has 0 amide bonds. The van der Waals surface area contributed by atoms with Gasteiger partial charge in [-0.05, 0) is 59.6 Å². The Balaban J connectivity index is 0.000000190. The molecule has 0 spiro atoms. The third kappa shape index (κ3) is 21.0. The van der Waals surface area contributed by atoms with Gasteiger partial charge in [0.2, 0.25) is 0 Å². The number of methoxy groups -OCH3 is 1. The highest BCUT2D eigenvalue weighted by atomic mass is 16.5. The van der Waals surface area contributed by atoms with E-state index in [1.165, 1.54) is 16.7 Å². The minimum absolute atomic E-state index is 0.00741. The van der Waals surface area contributed by atoms with Gasteiger partial charge in [-0.3, -0.25) is 0 Å². The van der Waals surface area contributed by atoms with Gasteiger partial charge in [0.05, 0.1) is 96.6 Å². The van der Waals surface area contributed by atoms with Crippen molar-refractivity contribution in [2.75, 3.05) is 26.9 Å². The second kappa shape index (κ2) is 33.9. The van der Waals surface area contributed by atoms with E-state index < -0.39 is 11.2 Å². The topological polar surface area (TPSA) is 214 Å². The highest BCUT2D eigenvalue weighted by Crippen LogP contribution is 2.48. The van der Waals surface area contributed by atoms with Gasteiger partial charge in [-0.2, -0.15) is 0 Å². The molecule has 0 radical (unpaired) electrons. The maximum atomic E-state index is 9.30. The summed E-state index contributed by atoms with van der Waals surface area (Å²) in [6.45, 7) is 79.6. The maximum absolute atomic E-state index is 9.30. The molecule has 0 aliphatic carbocycles. The van der Waals surface area contributed by atoms with E-state index in [0.29, 0.717) is 58.6 Å². The lowest BCUT2D eigenvalue weighted by atomic mass is 9.84. The molecule has 109 heavy (non-hydrogen) atoms. The van der Waals surface area contributed by atoms with E-state index in [4.69, 9.17) is 83.0 Å². The van der Waals surface area contributed by atoms with Crippen molar-refractivity contribution in [1.82, 2.24) is 49.8 Å². The fourth-order valence-corrected chi connectivity index (χ4v) is 14.4. The number of aromatic nitrogens is 10. The summed E-state index contributed by atoms with van der Waals surface area (Å²) in [5.41, 5.74) is 14.5. The van der Waals surface area contributed by atoms with Gasteiger partial charge in [0.15, 0.2) is 0 Å². The summed E-state index contributed by atoms with van der Waals surface area (Å²) in [5.74, 6) is 6.25. The molecule has 18 nitrogen and oxygen atoms in total. The van der Waals surface area contributed by atoms with Crippen molar-refractivity contribution in [3.8, 4) is 5.75 Å². The molecule has 10 heterocycles. The summed E-state index contributed by atoms with van der Waals surface area (Å²) >= 11 is 0. The van der Waals surface area contributed by atoms with Gasteiger partial charge < -0.3 is 38.3 Å². The first kappa shape index (κ1) is 90.1. The van der Waals surface area contributed by atoms with Crippen molar-refractivity contribution >= 4 is 0 Å². The SMILES string of the molecule is C=CCC1(C)OCc2c(C(C)(C)C)nc(C(C)(C)C)nc21.CC(C)c1nc(C(C)(C)C)c2c(n1)C(C)(CCO)OC2.CC(C)c1nc(C(C)(C)C)c2c(n1)C(C)(CCOc1ccccc1)OC2.CCCC1(C)OCc2c(C(C)(C)C)nc(C(C)(C)C)nc21.COCCC1(C)OCc2c(C(C)(C)C)nc(C(C)C)nc21. The van der Waals surface area contributed by atoms with Gasteiger partial charge in [0.1, 0.15) is 62.9 Å². The Labute approximate surface area is 658 Å². The molecule has 604 valence electrons. The van der Waals surface area contributed by atoms with Crippen LogP contribution in [0.3, 0.4) is 0 Å². The zero-order valence-corrected chi connectivity index (χ0v) is 74.1. The molecule has 1 aromatic carbocycles. The van der Waals surface area contributed by atoms with Gasteiger partial charge in [-0.15, -0.1) is 6.58 Å². The number of nitrogens with zero attached hydrogens (tertiary/aromatic N) is 10. The van der Waals surface area contributed by atoms with Gasteiger partial charge in [-0.25, -0.2) is 49.8 Å². The molecule has 18 heteroatoms. The van der Waals surface area contributed by atoms with Crippen molar-refractivity contribution in [3.63, 3.8) is 0 Å². The summed E-state index contributed by atoms with van der Waals surface area (Å²) in [4.78, 5) is 48.7. The molecule has 5 aliphatic heterocycles. The number of aliphatic hydroxyl groups excluding tert-OH is 1. The van der Waals surface area contributed by atoms with Crippen molar-refractivity contribution in [1.29, 1.82) is 0 Å². The molecule has 0 saturated heterocycles. The molecule has 6 aromatic rings. The minimum Gasteiger partial charge on any atom is -0.493 e. The van der Waals surface area contributed by atoms with Crippen LogP contribution >= 0.6 is 0 Å². The van der Waals surface area contributed by atoms with Crippen LogP contribution in [0.15, 0.2) is 43.0 Å². The fourth-order valence-electron chi connectivity index (χ4n) is 14.4. The Morgan fingerprint density at radius 2 is 0.679 bits per heavy atom. The van der Waals surface area contributed by atoms with E-state index in [2.05, 4.69) is 228 Å². The summed E-state index contributed by atoms with van der Waals surface area (Å²) in [6, 6.07) is 9.90. The van der Waals surface area contributed by atoms with E-state index >= 15 is 0 Å². The molecule has 0 saturated carbocycles. The van der Waals surface area contributed by atoms with Crippen molar-refractivity contribution in [3.05, 3.63) is 157 Å². The van der Waals surface area contributed by atoms with Crippen LogP contribution in [0.4, 0.5) is 0 Å². The fraction of sp³-hybridized carbons (Fsp3) is 0.692. The Bertz CT molecular complexity index is 4110. The number of aliphatic hydroxyl groups is 1. The predicted octanol–water partition coefficient (Wildman–Crippen LogP) is 20.8. The zero-order valence-electron chi connectivity index (χ0n) is 74.1. The average molecular weight is 1500 g/mol. The number of para-hydroxylation sites is 1. The molecule has 5 aromatic heterocycles. The van der Waals surface area contributed by atoms with Crippen LogP contribution < -0.4 is 4.74 Å². The van der Waals surface area contributed by atoms with Crippen LogP contribution in [0.1, 0.15) is 399 Å². The van der Waals surface area contributed by atoms with Crippen molar-refractivity contribution in [2.45, 2.75) is 384 Å². The van der Waals surface area contributed by atoms with Crippen molar-refractivity contribution < 1.29 is 38.3 Å². The summed E-state index contributed by atoms with van der Waals surface area (Å²) in [6.07, 6.45) is 6.91. The van der Waals surface area contributed by atoms with E-state index in [-0.39, 0.29) is 73.2 Å². The van der Waals surface area contributed by atoms with Crippen LogP contribution in [0.2, 0.25) is 0 Å². The van der Waals surface area contributed by atoms with Crippen LogP contribution in [-0.2, 0) is 127 Å². The predicted molar refractivity (Wildman–Crippen MR) is 439 cm³/mol. The standard InChI is InChI=1S/C22H30N2O2.C18H30N2O.C18H28N2O.C17H28N2O2.C16H26N2O2/c1-15(2)20-23-18(21(3,4)5)17-14-26-22(6,19(17)24-20)12-13-25-16-10-8-7-9-11-16;2*1-9-10-18(8)14-12(11-21-18)13(16(2,3)4)19-15(20-14)17(5,6)7;1-11(2)15-18-13(16(3,4)5)12-10-21-17(6,8-9-20-7)14(12)19-15;1-10(2)14-17-12(15(3,4)5)11-9-20-16(6,7-8-19)13(11)18-14/h7-11,15H,12-14H2,1-6H3;9-11H2,1-8H3;9H,1,10-11H2,2-8H3;11H,8-10H2,1-7H3;10,19H,7-9H2,1-6H3. The van der Waals surface area contributed by atoms with Crippen LogP contribution in [0.5, 0.6) is 5.75 Å². The monoisotopic (exact) mass is 1500 g/mol. The van der Waals surface area contributed by atoms with Gasteiger partial charge in [-0.1, -0.05) is 225 Å². The highest BCUT2D eigenvalue weighted by molar-refractivity contribution is 5.42. The van der Waals surface area contributed by atoms with E-state index in [1.807, 2.05) is 43.3 Å². The quantitative estimate of drug-likeness (QED) is 0.0892. The van der Waals surface area contributed by atoms with Crippen LogP contribution in [0, 0.1) is 0 Å². The smallest absolute Gasteiger partial charge is 0.134 e. The second-order valence-corrected chi connectivity index (χ2v) is 39.9. The lowest BCUT2D eigenvalue weighted by molar-refractivity contribution is -0.0451. The Hall–Kier alpha value is -6.12. The summed E-state index contributed by atoms with van der Waals surface area (Å²) < 4.78 is 41.7. The van der Waals surface area contributed by atoms with E-state index in [9.17, 15) is 5.11 Å². The van der Waals surface area contributed by atoms with Crippen molar-refractivity contribution in [2.24, 2.45) is 0 Å². The van der Waals surface area contributed by atoms with Crippen LogP contribution in [0.25, 0.3) is 0 Å². The third-order valence-corrected chi connectivity index (χ3v) is 20.9. The molecule has 11 rings (SSSR count). The number of hydrogen-bond donors (Lipinski definition) is 1. The number of fused-ring (bicyclic) bond motifs is 5. The first-order valence-corrected chi connectivity index (χ1v) is 40.2.